The number of aromatic nitrogens is 2. The van der Waals surface area contributed by atoms with Crippen molar-refractivity contribution in [3.63, 3.8) is 0 Å². The monoisotopic (exact) mass is 464 g/mol. The van der Waals surface area contributed by atoms with Crippen molar-refractivity contribution in [2.24, 2.45) is 0 Å². The van der Waals surface area contributed by atoms with Gasteiger partial charge in [0, 0.05) is 15.7 Å². The Balaban J connectivity index is 1.89. The second-order valence-corrected chi connectivity index (χ2v) is 7.78. The molecule has 0 amide bonds. The van der Waals surface area contributed by atoms with E-state index in [-0.39, 0.29) is 17.1 Å². The van der Waals surface area contributed by atoms with Gasteiger partial charge in [-0.2, -0.15) is 0 Å². The number of rotatable bonds is 6. The molecule has 1 heterocycles. The maximum Gasteiger partial charge on any atom is 0.262 e. The standard InChI is InChI=1S/C19H17IN2O2S/c1-2-11-22-18(24)15-5-3-4-6-16(15)21-19(22)25-12-17(23)13-7-9-14(20)10-8-13/h3-10H,2,11-12H2,1H3. The van der Waals surface area contributed by atoms with Gasteiger partial charge in [-0.05, 0) is 53.3 Å². The number of Topliss-reactive ketones (excluding diaryl/α,β-unsaturated/α-hetero) is 1. The number of thioether (sulfide) groups is 1. The number of hydrogen-bond donors (Lipinski definition) is 0. The summed E-state index contributed by atoms with van der Waals surface area (Å²) in [6, 6.07) is 14.8. The van der Waals surface area contributed by atoms with E-state index in [0.29, 0.717) is 28.2 Å². The number of halogens is 1. The van der Waals surface area contributed by atoms with Gasteiger partial charge in [-0.25, -0.2) is 4.98 Å². The van der Waals surface area contributed by atoms with Gasteiger partial charge in [-0.1, -0.05) is 43.0 Å². The molecule has 0 unspecified atom stereocenters. The lowest BCUT2D eigenvalue weighted by atomic mass is 10.2. The highest BCUT2D eigenvalue weighted by Crippen LogP contribution is 2.20. The van der Waals surface area contributed by atoms with Gasteiger partial charge < -0.3 is 0 Å². The van der Waals surface area contributed by atoms with Crippen LogP contribution in [0.2, 0.25) is 0 Å². The first-order valence-electron chi connectivity index (χ1n) is 8.01. The van der Waals surface area contributed by atoms with Gasteiger partial charge in [0.2, 0.25) is 0 Å². The molecule has 128 valence electrons. The Hall–Kier alpha value is -1.67. The Bertz CT molecular complexity index is 967. The number of carbonyl (C=O) groups excluding carboxylic acids is 1. The molecule has 0 atom stereocenters. The van der Waals surface area contributed by atoms with Gasteiger partial charge in [0.25, 0.3) is 5.56 Å². The third-order valence-corrected chi connectivity index (χ3v) is 5.47. The van der Waals surface area contributed by atoms with Crippen molar-refractivity contribution in [3.8, 4) is 0 Å². The number of nitrogens with zero attached hydrogens (tertiary/aromatic N) is 2. The van der Waals surface area contributed by atoms with E-state index < -0.39 is 0 Å². The molecule has 25 heavy (non-hydrogen) atoms. The van der Waals surface area contributed by atoms with E-state index in [2.05, 4.69) is 27.6 Å². The van der Waals surface area contributed by atoms with Gasteiger partial charge >= 0.3 is 0 Å². The van der Waals surface area contributed by atoms with Crippen LogP contribution in [-0.2, 0) is 6.54 Å². The molecule has 0 aliphatic carbocycles. The second kappa shape index (κ2) is 8.14. The molecule has 3 rings (SSSR count). The van der Waals surface area contributed by atoms with Crippen LogP contribution in [0.25, 0.3) is 10.9 Å². The normalized spacial score (nSPS) is 11.0. The minimum atomic E-state index is -0.0448. The largest absolute Gasteiger partial charge is 0.293 e. The molecule has 0 aliphatic heterocycles. The van der Waals surface area contributed by atoms with Gasteiger partial charge in [0.1, 0.15) is 0 Å². The van der Waals surface area contributed by atoms with E-state index >= 15 is 0 Å². The van der Waals surface area contributed by atoms with Crippen molar-refractivity contribution in [1.29, 1.82) is 0 Å². The Morgan fingerprint density at radius 2 is 1.88 bits per heavy atom. The third-order valence-electron chi connectivity index (χ3n) is 3.77. The Morgan fingerprint density at radius 3 is 2.60 bits per heavy atom. The number of ketones is 1. The molecule has 0 fully saturated rings. The molecular formula is C19H17IN2O2S. The third kappa shape index (κ3) is 4.12. The van der Waals surface area contributed by atoms with Crippen molar-refractivity contribution in [3.05, 3.63) is 68.0 Å². The Morgan fingerprint density at radius 1 is 1.16 bits per heavy atom. The van der Waals surface area contributed by atoms with Crippen molar-refractivity contribution < 1.29 is 4.79 Å². The molecule has 0 saturated heterocycles. The summed E-state index contributed by atoms with van der Waals surface area (Å²) in [6.07, 6.45) is 0.832. The molecule has 4 nitrogen and oxygen atoms in total. The van der Waals surface area contributed by atoms with Crippen LogP contribution >= 0.6 is 34.4 Å². The van der Waals surface area contributed by atoms with E-state index in [0.717, 1.165) is 9.99 Å². The Labute approximate surface area is 163 Å². The lowest BCUT2D eigenvalue weighted by molar-refractivity contribution is 0.102. The van der Waals surface area contributed by atoms with Gasteiger partial charge in [0.15, 0.2) is 10.9 Å². The highest BCUT2D eigenvalue weighted by atomic mass is 127. The first-order valence-corrected chi connectivity index (χ1v) is 10.1. The summed E-state index contributed by atoms with van der Waals surface area (Å²) < 4.78 is 2.77. The van der Waals surface area contributed by atoms with E-state index in [9.17, 15) is 9.59 Å². The zero-order valence-corrected chi connectivity index (χ0v) is 16.7. The molecule has 6 heteroatoms. The average molecular weight is 464 g/mol. The zero-order chi connectivity index (χ0) is 17.8. The van der Waals surface area contributed by atoms with Crippen molar-refractivity contribution in [2.45, 2.75) is 25.0 Å². The summed E-state index contributed by atoms with van der Waals surface area (Å²) in [5.41, 5.74) is 1.30. The van der Waals surface area contributed by atoms with Gasteiger partial charge in [-0.3, -0.25) is 14.2 Å². The lowest BCUT2D eigenvalue weighted by Crippen LogP contribution is -2.23. The molecule has 1 aromatic heterocycles. The summed E-state index contributed by atoms with van der Waals surface area (Å²) in [5, 5.41) is 1.22. The topological polar surface area (TPSA) is 52.0 Å². The van der Waals surface area contributed by atoms with Crippen LogP contribution in [0.3, 0.4) is 0 Å². The van der Waals surface area contributed by atoms with Crippen LogP contribution in [0, 0.1) is 3.57 Å². The predicted octanol–water partition coefficient (Wildman–Crippen LogP) is 4.39. The van der Waals surface area contributed by atoms with Crippen LogP contribution < -0.4 is 5.56 Å². The highest BCUT2D eigenvalue weighted by Gasteiger charge is 2.13. The minimum Gasteiger partial charge on any atom is -0.293 e. The summed E-state index contributed by atoms with van der Waals surface area (Å²) in [6.45, 7) is 2.61. The predicted molar refractivity (Wildman–Crippen MR) is 111 cm³/mol. The molecule has 2 aromatic carbocycles. The molecular weight excluding hydrogens is 447 g/mol. The van der Waals surface area contributed by atoms with Crippen LogP contribution in [0.5, 0.6) is 0 Å². The fourth-order valence-corrected chi connectivity index (χ4v) is 3.81. The summed E-state index contributed by atoms with van der Waals surface area (Å²) in [5.74, 6) is 0.293. The van der Waals surface area contributed by atoms with Gasteiger partial charge in [0.05, 0.1) is 16.7 Å². The van der Waals surface area contributed by atoms with Crippen molar-refractivity contribution >= 4 is 51.0 Å². The minimum absolute atomic E-state index is 0.0341. The van der Waals surface area contributed by atoms with Crippen LogP contribution in [-0.4, -0.2) is 21.1 Å². The number of fused-ring (bicyclic) bond motifs is 1. The molecule has 0 N–H and O–H groups in total. The van der Waals surface area contributed by atoms with Crippen molar-refractivity contribution in [2.75, 3.05) is 5.75 Å². The van der Waals surface area contributed by atoms with Crippen LogP contribution in [0.15, 0.2) is 58.5 Å². The van der Waals surface area contributed by atoms with Gasteiger partial charge in [-0.15, -0.1) is 0 Å². The summed E-state index contributed by atoms with van der Waals surface area (Å²) >= 11 is 3.53. The fourth-order valence-electron chi connectivity index (χ4n) is 2.53. The fraction of sp³-hybridized carbons (Fsp3) is 0.211. The highest BCUT2D eigenvalue weighted by molar-refractivity contribution is 14.1. The maximum atomic E-state index is 12.7. The number of para-hydroxylation sites is 1. The zero-order valence-electron chi connectivity index (χ0n) is 13.7. The first kappa shape index (κ1) is 18.1. The van der Waals surface area contributed by atoms with E-state index in [4.69, 9.17) is 0 Å². The smallest absolute Gasteiger partial charge is 0.262 e. The van der Waals surface area contributed by atoms with Crippen LogP contribution in [0.1, 0.15) is 23.7 Å². The SMILES string of the molecule is CCCn1c(SCC(=O)c2ccc(I)cc2)nc2ccccc2c1=O. The van der Waals surface area contributed by atoms with E-state index in [1.54, 1.807) is 10.6 Å². The van der Waals surface area contributed by atoms with E-state index in [1.807, 2.05) is 49.4 Å². The van der Waals surface area contributed by atoms with E-state index in [1.165, 1.54) is 11.8 Å². The lowest BCUT2D eigenvalue weighted by Gasteiger charge is -2.12. The maximum absolute atomic E-state index is 12.7. The Kier molecular flexibility index (Phi) is 5.90. The average Bonchev–Trinajstić information content (AvgIpc) is 2.63. The molecule has 0 aliphatic rings. The number of carbonyl (C=O) groups is 1. The molecule has 0 spiro atoms. The quantitative estimate of drug-likeness (QED) is 0.235. The molecule has 0 bridgehead atoms. The molecule has 0 saturated carbocycles. The van der Waals surface area contributed by atoms with Crippen molar-refractivity contribution in [1.82, 2.24) is 9.55 Å². The first-order chi connectivity index (χ1) is 12.1. The number of hydrogen-bond acceptors (Lipinski definition) is 4. The van der Waals surface area contributed by atoms with Crippen LogP contribution in [0.4, 0.5) is 0 Å². The second-order valence-electron chi connectivity index (χ2n) is 5.59. The number of benzene rings is 2. The summed E-state index contributed by atoms with van der Waals surface area (Å²) in [7, 11) is 0. The molecule has 3 aromatic rings. The summed E-state index contributed by atoms with van der Waals surface area (Å²) in [4.78, 5) is 29.7. The molecule has 0 radical (unpaired) electrons.